The predicted octanol–water partition coefficient (Wildman–Crippen LogP) is 4.90. The zero-order chi connectivity index (χ0) is 19.2. The minimum absolute atomic E-state index is 0.0456. The maximum absolute atomic E-state index is 12.7. The highest BCUT2D eigenvalue weighted by atomic mass is 19.4. The monoisotopic (exact) mass is 366 g/mol. The van der Waals surface area contributed by atoms with Crippen LogP contribution < -0.4 is 5.73 Å². The molecule has 26 heavy (non-hydrogen) atoms. The van der Waals surface area contributed by atoms with Gasteiger partial charge in [0.1, 0.15) is 6.10 Å². The molecule has 0 aliphatic carbocycles. The summed E-state index contributed by atoms with van der Waals surface area (Å²) in [5.74, 6) is -0.0456. The fourth-order valence-electron chi connectivity index (χ4n) is 2.83. The number of carbonyl (C=O) groups is 1. The Kier molecular flexibility index (Phi) is 6.60. The average Bonchev–Trinajstić information content (AvgIpc) is 2.59. The number of nitrogens with two attached hydrogens (primary N) is 1. The summed E-state index contributed by atoms with van der Waals surface area (Å²) in [6.07, 6.45) is -2.89. The van der Waals surface area contributed by atoms with Gasteiger partial charge in [0.15, 0.2) is 0 Å². The number of hydrogen-bond acceptors (Lipinski definition) is 3. The first-order valence-corrected chi connectivity index (χ1v) is 8.30. The molecule has 7 heteroatoms. The third kappa shape index (κ3) is 5.75. The molecule has 0 radical (unpaired) electrons. The highest BCUT2D eigenvalue weighted by Gasteiger charge is 2.30. The molecule has 0 bridgehead atoms. The first-order chi connectivity index (χ1) is 12.3. The summed E-state index contributed by atoms with van der Waals surface area (Å²) in [6, 6.07) is 11.3. The van der Waals surface area contributed by atoms with Crippen LogP contribution in [0.15, 0.2) is 48.7 Å². The lowest BCUT2D eigenvalue weighted by atomic mass is 9.92. The fourth-order valence-corrected chi connectivity index (χ4v) is 2.83. The van der Waals surface area contributed by atoms with Crippen LogP contribution >= 0.6 is 0 Å². The first kappa shape index (κ1) is 19.8. The van der Waals surface area contributed by atoms with Gasteiger partial charge < -0.3 is 10.5 Å². The van der Waals surface area contributed by atoms with Gasteiger partial charge in [0.2, 0.25) is 0 Å². The third-order valence-electron chi connectivity index (χ3n) is 4.12. The van der Waals surface area contributed by atoms with E-state index in [1.165, 1.54) is 6.20 Å². The van der Waals surface area contributed by atoms with E-state index >= 15 is 0 Å². The van der Waals surface area contributed by atoms with Crippen LogP contribution in [0.2, 0.25) is 0 Å². The molecule has 2 aromatic rings. The quantitative estimate of drug-likeness (QED) is 0.758. The van der Waals surface area contributed by atoms with Crippen molar-refractivity contribution in [1.29, 1.82) is 0 Å². The van der Waals surface area contributed by atoms with Crippen molar-refractivity contribution >= 4 is 6.09 Å². The Balaban J connectivity index is 1.98. The number of carbonyl (C=O) groups excluding carboxylic acids is 1. The van der Waals surface area contributed by atoms with Crippen molar-refractivity contribution in [2.75, 3.05) is 0 Å². The summed E-state index contributed by atoms with van der Waals surface area (Å²) < 4.78 is 43.5. The molecular formula is C19H21F3N2O2. The lowest BCUT2D eigenvalue weighted by molar-refractivity contribution is -0.137. The summed E-state index contributed by atoms with van der Waals surface area (Å²) in [4.78, 5) is 15.2. The second-order valence-corrected chi connectivity index (χ2v) is 6.17. The largest absolute Gasteiger partial charge is 0.441 e. The van der Waals surface area contributed by atoms with Gasteiger partial charge in [-0.05, 0) is 42.9 Å². The highest BCUT2D eigenvalue weighted by Crippen LogP contribution is 2.31. The van der Waals surface area contributed by atoms with Gasteiger partial charge in [-0.15, -0.1) is 0 Å². The summed E-state index contributed by atoms with van der Waals surface area (Å²) in [5.41, 5.74) is 5.69. The predicted molar refractivity (Wildman–Crippen MR) is 91.2 cm³/mol. The molecule has 1 amide bonds. The van der Waals surface area contributed by atoms with Crippen molar-refractivity contribution in [3.8, 4) is 0 Å². The standard InChI is InChI=1S/C19H21F3N2O2/c1-13(17(26-18(23)25)14-7-3-2-4-8-14)6-5-9-16-12-15(10-11-24-16)19(20,21)22/h2-4,7-8,10-13,17H,5-6,9H2,1H3,(H2,23,25). The van der Waals surface area contributed by atoms with E-state index in [9.17, 15) is 18.0 Å². The van der Waals surface area contributed by atoms with Crippen LogP contribution in [0.25, 0.3) is 0 Å². The molecule has 2 atom stereocenters. The van der Waals surface area contributed by atoms with Gasteiger partial charge in [-0.2, -0.15) is 13.2 Å². The normalized spacial score (nSPS) is 13.8. The number of rotatable bonds is 7. The van der Waals surface area contributed by atoms with Crippen molar-refractivity contribution in [2.24, 2.45) is 11.7 Å². The van der Waals surface area contributed by atoms with Crippen molar-refractivity contribution < 1.29 is 22.7 Å². The second-order valence-electron chi connectivity index (χ2n) is 6.17. The number of alkyl halides is 3. The number of hydrogen-bond donors (Lipinski definition) is 1. The number of halogens is 3. The third-order valence-corrected chi connectivity index (χ3v) is 4.12. The van der Waals surface area contributed by atoms with E-state index < -0.39 is 23.9 Å². The molecule has 0 fully saturated rings. The molecule has 1 aromatic heterocycles. The average molecular weight is 366 g/mol. The van der Waals surface area contributed by atoms with E-state index in [-0.39, 0.29) is 5.92 Å². The summed E-state index contributed by atoms with van der Waals surface area (Å²) in [7, 11) is 0. The Morgan fingerprint density at radius 3 is 2.54 bits per heavy atom. The maximum atomic E-state index is 12.7. The maximum Gasteiger partial charge on any atom is 0.416 e. The van der Waals surface area contributed by atoms with Gasteiger partial charge in [-0.25, -0.2) is 4.79 Å². The highest BCUT2D eigenvalue weighted by molar-refractivity contribution is 5.65. The zero-order valence-corrected chi connectivity index (χ0v) is 14.4. The molecule has 2 unspecified atom stereocenters. The summed E-state index contributed by atoms with van der Waals surface area (Å²) in [5, 5.41) is 0. The van der Waals surface area contributed by atoms with Gasteiger partial charge in [-0.3, -0.25) is 4.98 Å². The van der Waals surface area contributed by atoms with E-state index in [1.54, 1.807) is 0 Å². The number of benzene rings is 1. The summed E-state index contributed by atoms with van der Waals surface area (Å²) in [6.45, 7) is 1.92. The molecule has 0 saturated carbocycles. The lowest BCUT2D eigenvalue weighted by Crippen LogP contribution is -2.22. The van der Waals surface area contributed by atoms with Gasteiger partial charge in [0, 0.05) is 11.9 Å². The molecule has 1 aromatic carbocycles. The SMILES string of the molecule is CC(CCCc1cc(C(F)(F)F)ccn1)C(OC(N)=O)c1ccccc1. The van der Waals surface area contributed by atoms with E-state index in [0.29, 0.717) is 25.0 Å². The molecular weight excluding hydrogens is 345 g/mol. The number of ether oxygens (including phenoxy) is 1. The molecule has 1 heterocycles. The Morgan fingerprint density at radius 2 is 1.92 bits per heavy atom. The number of aromatic nitrogens is 1. The van der Waals surface area contributed by atoms with Crippen LogP contribution in [0.1, 0.15) is 42.7 Å². The Morgan fingerprint density at radius 1 is 1.23 bits per heavy atom. The second kappa shape index (κ2) is 8.69. The molecule has 0 spiro atoms. The number of pyridine rings is 1. The van der Waals surface area contributed by atoms with Crippen molar-refractivity contribution in [3.63, 3.8) is 0 Å². The lowest BCUT2D eigenvalue weighted by Gasteiger charge is -2.23. The molecule has 0 saturated heterocycles. The fraction of sp³-hybridized carbons (Fsp3) is 0.368. The Hall–Kier alpha value is -2.57. The minimum atomic E-state index is -4.38. The molecule has 2 N–H and O–H groups in total. The molecule has 140 valence electrons. The van der Waals surface area contributed by atoms with Crippen LogP contribution in [0, 0.1) is 5.92 Å². The first-order valence-electron chi connectivity index (χ1n) is 8.30. The number of primary amides is 1. The number of amides is 1. The Bertz CT molecular complexity index is 720. The van der Waals surface area contributed by atoms with Gasteiger partial charge >= 0.3 is 12.3 Å². The van der Waals surface area contributed by atoms with E-state index in [4.69, 9.17) is 10.5 Å². The Labute approximate surface area is 150 Å². The number of aryl methyl sites for hydroxylation is 1. The van der Waals surface area contributed by atoms with Crippen molar-refractivity contribution in [2.45, 2.75) is 38.5 Å². The van der Waals surface area contributed by atoms with Crippen LogP contribution in [0.5, 0.6) is 0 Å². The van der Waals surface area contributed by atoms with Crippen molar-refractivity contribution in [3.05, 3.63) is 65.5 Å². The smallest absolute Gasteiger partial charge is 0.416 e. The number of nitrogens with zero attached hydrogens (tertiary/aromatic N) is 1. The van der Waals surface area contributed by atoms with Gasteiger partial charge in [0.05, 0.1) is 5.56 Å². The van der Waals surface area contributed by atoms with E-state index in [0.717, 1.165) is 17.7 Å². The molecule has 0 aliphatic heterocycles. The molecule has 4 nitrogen and oxygen atoms in total. The van der Waals surface area contributed by atoms with Crippen LogP contribution in [-0.4, -0.2) is 11.1 Å². The zero-order valence-electron chi connectivity index (χ0n) is 14.4. The molecule has 2 rings (SSSR count). The minimum Gasteiger partial charge on any atom is -0.441 e. The van der Waals surface area contributed by atoms with E-state index in [1.807, 2.05) is 37.3 Å². The van der Waals surface area contributed by atoms with Crippen LogP contribution in [0.4, 0.5) is 18.0 Å². The van der Waals surface area contributed by atoms with Gasteiger partial charge in [-0.1, -0.05) is 37.3 Å². The van der Waals surface area contributed by atoms with Crippen LogP contribution in [-0.2, 0) is 17.3 Å². The van der Waals surface area contributed by atoms with Crippen molar-refractivity contribution in [1.82, 2.24) is 4.98 Å². The molecule has 0 aliphatic rings. The summed E-state index contributed by atoms with van der Waals surface area (Å²) >= 11 is 0. The van der Waals surface area contributed by atoms with Gasteiger partial charge in [0.25, 0.3) is 0 Å². The van der Waals surface area contributed by atoms with E-state index in [2.05, 4.69) is 4.98 Å². The van der Waals surface area contributed by atoms with Crippen LogP contribution in [0.3, 0.4) is 0 Å². The topological polar surface area (TPSA) is 65.2 Å².